The Labute approximate surface area is 84.7 Å². The predicted octanol–water partition coefficient (Wildman–Crippen LogP) is -0.966. The molecule has 1 radical (unpaired) electrons. The summed E-state index contributed by atoms with van der Waals surface area (Å²) in [6, 6.07) is 4.52. The van der Waals surface area contributed by atoms with Gasteiger partial charge in [0.2, 0.25) is 0 Å². The molecule has 67 valence electrons. The van der Waals surface area contributed by atoms with Gasteiger partial charge in [0, 0.05) is 4.47 Å². The van der Waals surface area contributed by atoms with E-state index in [9.17, 15) is 0 Å². The summed E-state index contributed by atoms with van der Waals surface area (Å²) in [5.74, 6) is 0.319. The fourth-order valence-electron chi connectivity index (χ4n) is 0.862. The first-order valence-corrected chi connectivity index (χ1v) is 4.22. The fourth-order valence-corrected chi connectivity index (χ4v) is 1.35. The molecule has 0 saturated carbocycles. The fraction of sp³-hybridized carbons (Fsp3) is 0. The normalized spacial score (nSPS) is 9.54. The van der Waals surface area contributed by atoms with Crippen molar-refractivity contribution in [2.24, 2.45) is 0 Å². The highest BCUT2D eigenvalue weighted by molar-refractivity contribution is 9.10. The van der Waals surface area contributed by atoms with Gasteiger partial charge in [0.1, 0.15) is 5.75 Å². The zero-order chi connectivity index (χ0) is 9.84. The number of hydrogen-bond donors (Lipinski definition) is 3. The molecule has 1 aromatic carbocycles. The molecule has 1 rings (SSSR count). The van der Waals surface area contributed by atoms with E-state index in [1.54, 1.807) is 6.07 Å². The van der Waals surface area contributed by atoms with Crippen LogP contribution in [0.5, 0.6) is 5.75 Å². The summed E-state index contributed by atoms with van der Waals surface area (Å²) in [6.07, 6.45) is 0. The molecular weight excluding hydrogens is 238 g/mol. The van der Waals surface area contributed by atoms with Gasteiger partial charge in [-0.15, -0.1) is 0 Å². The Balaban J connectivity index is 2.96. The second-order valence-corrected chi connectivity index (χ2v) is 3.23. The molecule has 13 heavy (non-hydrogen) atoms. The first-order valence-electron chi connectivity index (χ1n) is 3.42. The van der Waals surface area contributed by atoms with E-state index in [0.717, 1.165) is 0 Å². The molecular formula is C6H6B2BrO4. The molecule has 1 aromatic rings. The van der Waals surface area contributed by atoms with E-state index < -0.39 is 7.12 Å². The van der Waals surface area contributed by atoms with Crippen LogP contribution in [0.2, 0.25) is 0 Å². The molecule has 3 N–H and O–H groups in total. The lowest BCUT2D eigenvalue weighted by molar-refractivity contribution is 0.424. The Morgan fingerprint density at radius 1 is 1.31 bits per heavy atom. The van der Waals surface area contributed by atoms with Crippen molar-refractivity contribution in [1.29, 1.82) is 0 Å². The Bertz CT molecular complexity index is 294. The maximum absolute atomic E-state index is 8.85. The van der Waals surface area contributed by atoms with Crippen LogP contribution in [0.1, 0.15) is 0 Å². The summed E-state index contributed by atoms with van der Waals surface area (Å²) in [5.41, 5.74) is 0.284. The minimum Gasteiger partial charge on any atom is -0.537 e. The topological polar surface area (TPSA) is 69.9 Å². The SMILES string of the molecule is O[B]Oc1cc(Br)cc(B(O)O)c1. The molecule has 0 fully saturated rings. The molecule has 0 unspecified atom stereocenters. The van der Waals surface area contributed by atoms with Gasteiger partial charge in [-0.2, -0.15) is 0 Å². The minimum absolute atomic E-state index is 0.284. The standard InChI is InChI=1S/C6H6B2BrO4/c9-5-1-4(8(11)12)2-6(3-5)13-7-10/h1-3,10-12H. The van der Waals surface area contributed by atoms with Crippen molar-refractivity contribution >= 4 is 36.2 Å². The van der Waals surface area contributed by atoms with Gasteiger partial charge in [-0.05, 0) is 23.7 Å². The van der Waals surface area contributed by atoms with Crippen molar-refractivity contribution in [3.8, 4) is 5.75 Å². The average Bonchev–Trinajstić information content (AvgIpc) is 2.03. The lowest BCUT2D eigenvalue weighted by atomic mass is 9.80. The van der Waals surface area contributed by atoms with Crippen LogP contribution in [0.15, 0.2) is 22.7 Å². The maximum atomic E-state index is 8.85. The van der Waals surface area contributed by atoms with Gasteiger partial charge in [-0.3, -0.25) is 0 Å². The summed E-state index contributed by atoms with van der Waals surface area (Å²) >= 11 is 3.15. The quantitative estimate of drug-likeness (QED) is 0.598. The predicted molar refractivity (Wildman–Crippen MR) is 52.6 cm³/mol. The van der Waals surface area contributed by atoms with Gasteiger partial charge in [0.15, 0.2) is 0 Å². The van der Waals surface area contributed by atoms with Crippen molar-refractivity contribution < 1.29 is 19.7 Å². The third kappa shape index (κ3) is 3.04. The molecule has 0 aromatic heterocycles. The first-order chi connectivity index (χ1) is 6.13. The number of benzene rings is 1. The van der Waals surface area contributed by atoms with Crippen LogP contribution in [0.4, 0.5) is 0 Å². The highest BCUT2D eigenvalue weighted by Crippen LogP contribution is 2.16. The molecule has 0 saturated heterocycles. The number of halogens is 1. The monoisotopic (exact) mass is 243 g/mol. The second kappa shape index (κ2) is 4.66. The van der Waals surface area contributed by atoms with Gasteiger partial charge >= 0.3 is 14.8 Å². The Morgan fingerprint density at radius 2 is 2.00 bits per heavy atom. The van der Waals surface area contributed by atoms with Crippen LogP contribution in [-0.4, -0.2) is 29.9 Å². The highest BCUT2D eigenvalue weighted by Gasteiger charge is 2.12. The van der Waals surface area contributed by atoms with Gasteiger partial charge in [0.25, 0.3) is 0 Å². The van der Waals surface area contributed by atoms with Crippen LogP contribution in [0.25, 0.3) is 0 Å². The Kier molecular flexibility index (Phi) is 3.80. The third-order valence-corrected chi connectivity index (χ3v) is 1.84. The lowest BCUT2D eigenvalue weighted by Gasteiger charge is -2.05. The Morgan fingerprint density at radius 3 is 2.54 bits per heavy atom. The zero-order valence-electron chi connectivity index (χ0n) is 6.51. The average molecular weight is 244 g/mol. The van der Waals surface area contributed by atoms with E-state index in [4.69, 9.17) is 15.1 Å². The van der Waals surface area contributed by atoms with E-state index in [-0.39, 0.29) is 5.46 Å². The van der Waals surface area contributed by atoms with E-state index in [1.807, 2.05) is 0 Å². The van der Waals surface area contributed by atoms with Gasteiger partial charge in [-0.25, -0.2) is 0 Å². The van der Waals surface area contributed by atoms with Gasteiger partial charge in [-0.1, -0.05) is 15.9 Å². The van der Waals surface area contributed by atoms with Crippen LogP contribution < -0.4 is 10.1 Å². The molecule has 0 spiro atoms. The van der Waals surface area contributed by atoms with Crippen LogP contribution >= 0.6 is 15.9 Å². The lowest BCUT2D eigenvalue weighted by Crippen LogP contribution is -2.29. The largest absolute Gasteiger partial charge is 0.569 e. The van der Waals surface area contributed by atoms with Crippen molar-refractivity contribution in [3.05, 3.63) is 22.7 Å². The summed E-state index contributed by atoms with van der Waals surface area (Å²) in [7, 11) is -1.03. The number of hydrogen-bond acceptors (Lipinski definition) is 4. The molecule has 0 bridgehead atoms. The molecule has 0 atom stereocenters. The molecule has 4 nitrogen and oxygen atoms in total. The molecule has 0 amide bonds. The molecule has 0 aliphatic carbocycles. The van der Waals surface area contributed by atoms with Crippen molar-refractivity contribution in [1.82, 2.24) is 0 Å². The third-order valence-electron chi connectivity index (χ3n) is 1.38. The summed E-state index contributed by atoms with van der Waals surface area (Å²) in [4.78, 5) is 0. The van der Waals surface area contributed by atoms with Crippen LogP contribution in [0.3, 0.4) is 0 Å². The first kappa shape index (κ1) is 10.6. The van der Waals surface area contributed by atoms with E-state index >= 15 is 0 Å². The summed E-state index contributed by atoms with van der Waals surface area (Å²) < 4.78 is 5.29. The van der Waals surface area contributed by atoms with Crippen LogP contribution in [0, 0.1) is 0 Å². The minimum atomic E-state index is -1.56. The highest BCUT2D eigenvalue weighted by atomic mass is 79.9. The summed E-state index contributed by atoms with van der Waals surface area (Å²) in [5, 5.41) is 26.0. The van der Waals surface area contributed by atoms with Crippen molar-refractivity contribution in [2.75, 3.05) is 0 Å². The van der Waals surface area contributed by atoms with Gasteiger partial charge < -0.3 is 19.7 Å². The maximum Gasteiger partial charge on any atom is 0.569 e. The Hall–Kier alpha value is -0.490. The summed E-state index contributed by atoms with van der Waals surface area (Å²) in [6.45, 7) is 0. The smallest absolute Gasteiger partial charge is 0.537 e. The second-order valence-electron chi connectivity index (χ2n) is 2.32. The molecule has 0 aliphatic heterocycles. The van der Waals surface area contributed by atoms with Gasteiger partial charge in [0.05, 0.1) is 0 Å². The van der Waals surface area contributed by atoms with Crippen LogP contribution in [-0.2, 0) is 0 Å². The molecule has 0 heterocycles. The van der Waals surface area contributed by atoms with Crippen molar-refractivity contribution in [3.63, 3.8) is 0 Å². The van der Waals surface area contributed by atoms with E-state index in [0.29, 0.717) is 17.9 Å². The molecule has 7 heteroatoms. The van der Waals surface area contributed by atoms with Crippen molar-refractivity contribution in [2.45, 2.75) is 0 Å². The number of rotatable bonds is 3. The van der Waals surface area contributed by atoms with E-state index in [2.05, 4.69) is 20.6 Å². The molecule has 0 aliphatic rings. The zero-order valence-corrected chi connectivity index (χ0v) is 8.10. The van der Waals surface area contributed by atoms with E-state index in [1.165, 1.54) is 12.1 Å².